The van der Waals surface area contributed by atoms with Crippen molar-refractivity contribution in [3.8, 4) is 0 Å². The fraction of sp³-hybridized carbons (Fsp3) is 0.214. The zero-order valence-corrected chi connectivity index (χ0v) is 11.1. The van der Waals surface area contributed by atoms with Gasteiger partial charge in [-0.25, -0.2) is 9.83 Å². The fourth-order valence-electron chi connectivity index (χ4n) is 1.69. The van der Waals surface area contributed by atoms with Crippen molar-refractivity contribution in [2.75, 3.05) is 5.75 Å². The third-order valence-electron chi connectivity index (χ3n) is 2.65. The van der Waals surface area contributed by atoms with E-state index in [-0.39, 0.29) is 0 Å². The molecule has 0 saturated heterocycles. The lowest BCUT2D eigenvalue weighted by Crippen LogP contribution is -2.02. The number of rotatable bonds is 6. The molecule has 1 aromatic heterocycles. The number of carbonyl (C=O) groups excluding carboxylic acids is 1. The van der Waals surface area contributed by atoms with Gasteiger partial charge in [-0.3, -0.25) is 0 Å². The highest BCUT2D eigenvalue weighted by atomic mass is 32.2. The summed E-state index contributed by atoms with van der Waals surface area (Å²) >= 11 is 1.57. The van der Waals surface area contributed by atoms with E-state index in [1.165, 1.54) is 0 Å². The van der Waals surface area contributed by atoms with E-state index >= 15 is 0 Å². The molecule has 5 heteroatoms. The summed E-state index contributed by atoms with van der Waals surface area (Å²) < 4.78 is 2.06. The standard InChI is InChI=1S/C14H13N3OS/c1-15-13-4-2-12(3-5-13)9-17-11-16-8-14(17)10-19-7-6-18/h2-6,8,11H,7,9-10H2. The first-order valence-corrected chi connectivity index (χ1v) is 6.95. The number of benzene rings is 1. The van der Waals surface area contributed by atoms with Crippen LogP contribution in [0.25, 0.3) is 4.85 Å². The molecule has 0 saturated carbocycles. The van der Waals surface area contributed by atoms with Crippen LogP contribution in [0.2, 0.25) is 0 Å². The van der Waals surface area contributed by atoms with E-state index in [0.717, 1.165) is 29.8 Å². The van der Waals surface area contributed by atoms with Gasteiger partial charge in [-0.05, 0) is 5.56 Å². The molecule has 0 N–H and O–H groups in total. The second-order valence-corrected chi connectivity index (χ2v) is 5.00. The number of carbonyl (C=O) groups is 1. The molecule has 4 nitrogen and oxygen atoms in total. The Morgan fingerprint density at radius 1 is 1.37 bits per heavy atom. The predicted octanol–water partition coefficient (Wildman–Crippen LogP) is 2.91. The normalized spacial score (nSPS) is 10.1. The lowest BCUT2D eigenvalue weighted by Gasteiger charge is -2.07. The van der Waals surface area contributed by atoms with Gasteiger partial charge in [-0.15, -0.1) is 11.8 Å². The van der Waals surface area contributed by atoms with E-state index in [1.807, 2.05) is 30.5 Å². The number of nitrogens with zero attached hydrogens (tertiary/aromatic N) is 3. The minimum Gasteiger partial charge on any atom is -0.329 e. The van der Waals surface area contributed by atoms with Crippen molar-refractivity contribution in [3.63, 3.8) is 0 Å². The van der Waals surface area contributed by atoms with Crippen LogP contribution in [0.3, 0.4) is 0 Å². The number of imidazole rings is 1. The Morgan fingerprint density at radius 3 is 2.84 bits per heavy atom. The summed E-state index contributed by atoms with van der Waals surface area (Å²) in [7, 11) is 0. The number of aldehydes is 1. The van der Waals surface area contributed by atoms with Crippen LogP contribution in [0.4, 0.5) is 5.69 Å². The van der Waals surface area contributed by atoms with Gasteiger partial charge in [-0.2, -0.15) is 0 Å². The molecule has 2 aromatic rings. The topological polar surface area (TPSA) is 39.2 Å². The van der Waals surface area contributed by atoms with E-state index in [0.29, 0.717) is 11.4 Å². The van der Waals surface area contributed by atoms with E-state index in [2.05, 4.69) is 14.4 Å². The maximum Gasteiger partial charge on any atom is 0.187 e. The van der Waals surface area contributed by atoms with E-state index < -0.39 is 0 Å². The molecule has 0 spiro atoms. The summed E-state index contributed by atoms with van der Waals surface area (Å²) in [6.07, 6.45) is 4.53. The van der Waals surface area contributed by atoms with Gasteiger partial charge in [0.2, 0.25) is 0 Å². The smallest absolute Gasteiger partial charge is 0.187 e. The maximum atomic E-state index is 10.3. The Bertz CT molecular complexity index is 583. The van der Waals surface area contributed by atoms with E-state index in [4.69, 9.17) is 6.57 Å². The molecule has 19 heavy (non-hydrogen) atoms. The van der Waals surface area contributed by atoms with Crippen LogP contribution in [0.15, 0.2) is 36.8 Å². The molecule has 0 aliphatic carbocycles. The van der Waals surface area contributed by atoms with Crippen LogP contribution < -0.4 is 0 Å². The van der Waals surface area contributed by atoms with Crippen molar-refractivity contribution in [3.05, 3.63) is 59.5 Å². The second-order valence-electron chi connectivity index (χ2n) is 3.97. The summed E-state index contributed by atoms with van der Waals surface area (Å²) in [6.45, 7) is 7.65. The van der Waals surface area contributed by atoms with E-state index in [9.17, 15) is 4.79 Å². The third-order valence-corrected chi connectivity index (χ3v) is 3.52. The summed E-state index contributed by atoms with van der Waals surface area (Å²) in [4.78, 5) is 17.8. The molecule has 0 fully saturated rings. The van der Waals surface area contributed by atoms with Gasteiger partial charge in [0.05, 0.1) is 12.9 Å². The van der Waals surface area contributed by atoms with Gasteiger partial charge >= 0.3 is 0 Å². The Kier molecular flexibility index (Phi) is 4.76. The van der Waals surface area contributed by atoms with Gasteiger partial charge in [0, 0.05) is 29.9 Å². The molecule has 0 radical (unpaired) electrons. The summed E-state index contributed by atoms with van der Waals surface area (Å²) in [6, 6.07) is 7.55. The zero-order valence-electron chi connectivity index (χ0n) is 10.3. The van der Waals surface area contributed by atoms with Crippen LogP contribution >= 0.6 is 11.8 Å². The Balaban J connectivity index is 2.04. The monoisotopic (exact) mass is 271 g/mol. The zero-order chi connectivity index (χ0) is 13.5. The van der Waals surface area contributed by atoms with Crippen molar-refractivity contribution in [2.24, 2.45) is 0 Å². The third kappa shape index (κ3) is 3.70. The quantitative estimate of drug-likeness (QED) is 0.461. The Labute approximate surface area is 116 Å². The van der Waals surface area contributed by atoms with Crippen molar-refractivity contribution in [1.29, 1.82) is 0 Å². The van der Waals surface area contributed by atoms with Crippen LogP contribution in [-0.4, -0.2) is 21.6 Å². The average molecular weight is 271 g/mol. The first kappa shape index (κ1) is 13.4. The first-order valence-electron chi connectivity index (χ1n) is 5.80. The molecule has 1 heterocycles. The van der Waals surface area contributed by atoms with E-state index in [1.54, 1.807) is 18.1 Å². The molecule has 0 aliphatic rings. The summed E-state index contributed by atoms with van der Waals surface area (Å²) in [5, 5.41) is 0. The summed E-state index contributed by atoms with van der Waals surface area (Å²) in [5.74, 6) is 1.28. The molecule has 1 aromatic carbocycles. The van der Waals surface area contributed by atoms with Crippen LogP contribution in [0, 0.1) is 6.57 Å². The SMILES string of the molecule is [C-]#[N+]c1ccc(Cn2cncc2CSCC=O)cc1. The first-order chi connectivity index (χ1) is 9.33. The minimum atomic E-state index is 0.505. The number of hydrogen-bond donors (Lipinski definition) is 0. The fourth-order valence-corrected chi connectivity index (χ4v) is 2.36. The molecule has 0 amide bonds. The molecule has 0 unspecified atom stereocenters. The van der Waals surface area contributed by atoms with Crippen LogP contribution in [-0.2, 0) is 17.1 Å². The number of hydrogen-bond acceptors (Lipinski definition) is 3. The highest BCUT2D eigenvalue weighted by Gasteiger charge is 2.03. The van der Waals surface area contributed by atoms with Crippen LogP contribution in [0.1, 0.15) is 11.3 Å². The van der Waals surface area contributed by atoms with Crippen LogP contribution in [0.5, 0.6) is 0 Å². The Hall–Kier alpha value is -2.06. The van der Waals surface area contributed by atoms with Crippen molar-refractivity contribution in [2.45, 2.75) is 12.3 Å². The number of thioether (sulfide) groups is 1. The van der Waals surface area contributed by atoms with Gasteiger partial charge in [0.15, 0.2) is 5.69 Å². The second kappa shape index (κ2) is 6.76. The average Bonchev–Trinajstić information content (AvgIpc) is 2.87. The maximum absolute atomic E-state index is 10.3. The summed E-state index contributed by atoms with van der Waals surface area (Å²) in [5.41, 5.74) is 2.88. The number of aromatic nitrogens is 2. The minimum absolute atomic E-state index is 0.505. The molecule has 96 valence electrons. The largest absolute Gasteiger partial charge is 0.329 e. The molecule has 0 atom stereocenters. The van der Waals surface area contributed by atoms with Crippen molar-refractivity contribution < 1.29 is 4.79 Å². The Morgan fingerprint density at radius 2 is 2.16 bits per heavy atom. The van der Waals surface area contributed by atoms with Gasteiger partial charge in [0.1, 0.15) is 6.29 Å². The molecular formula is C14H13N3OS. The highest BCUT2D eigenvalue weighted by Crippen LogP contribution is 2.16. The lowest BCUT2D eigenvalue weighted by molar-refractivity contribution is -0.105. The highest BCUT2D eigenvalue weighted by molar-refractivity contribution is 7.99. The molecule has 2 rings (SSSR count). The van der Waals surface area contributed by atoms with Gasteiger partial charge in [0.25, 0.3) is 0 Å². The van der Waals surface area contributed by atoms with Gasteiger partial charge in [-0.1, -0.05) is 24.3 Å². The molecular weight excluding hydrogens is 258 g/mol. The lowest BCUT2D eigenvalue weighted by atomic mass is 10.2. The molecule has 0 bridgehead atoms. The predicted molar refractivity (Wildman–Crippen MR) is 76.3 cm³/mol. The van der Waals surface area contributed by atoms with Crippen molar-refractivity contribution in [1.82, 2.24) is 9.55 Å². The van der Waals surface area contributed by atoms with Crippen molar-refractivity contribution >= 4 is 23.7 Å². The molecule has 0 aliphatic heterocycles. The van der Waals surface area contributed by atoms with Gasteiger partial charge < -0.3 is 9.36 Å².